The molecule has 0 amide bonds. The number of benzene rings is 1. The topological polar surface area (TPSA) is 91.2 Å². The van der Waals surface area contributed by atoms with E-state index in [2.05, 4.69) is 10.1 Å². The van der Waals surface area contributed by atoms with E-state index < -0.39 is 12.1 Å². The van der Waals surface area contributed by atoms with E-state index >= 15 is 0 Å². The molecule has 2 rings (SSSR count). The van der Waals surface area contributed by atoms with Crippen LogP contribution in [0.1, 0.15) is 55.9 Å². The van der Waals surface area contributed by atoms with Gasteiger partial charge in [0, 0.05) is 5.41 Å². The van der Waals surface area contributed by atoms with Gasteiger partial charge in [-0.05, 0) is 25.1 Å². The molecule has 1 aromatic carbocycles. The first-order chi connectivity index (χ1) is 10.2. The van der Waals surface area contributed by atoms with Gasteiger partial charge in [-0.1, -0.05) is 37.5 Å². The van der Waals surface area contributed by atoms with Crippen LogP contribution < -0.4 is 5.73 Å². The minimum absolute atomic E-state index is 0.240. The summed E-state index contributed by atoms with van der Waals surface area (Å²) in [5, 5.41) is 4.28. The smallest absolute Gasteiger partial charge is 0.338 e. The molecule has 0 radical (unpaired) electrons. The van der Waals surface area contributed by atoms with Gasteiger partial charge in [-0.2, -0.15) is 4.98 Å². The zero-order chi connectivity index (χ0) is 16.5. The first-order valence-electron chi connectivity index (χ1n) is 6.78. The molecule has 0 aliphatic carbocycles. The third-order valence-corrected chi connectivity index (χ3v) is 3.32. The van der Waals surface area contributed by atoms with Gasteiger partial charge in [0.05, 0.1) is 16.3 Å². The summed E-state index contributed by atoms with van der Waals surface area (Å²) >= 11 is 5.82. The molecule has 2 N–H and O–H groups in total. The van der Waals surface area contributed by atoms with E-state index in [4.69, 9.17) is 26.6 Å². The molecular weight excluding hydrogens is 306 g/mol. The van der Waals surface area contributed by atoms with Crippen LogP contribution in [0.5, 0.6) is 0 Å². The summed E-state index contributed by atoms with van der Waals surface area (Å²) in [5.41, 5.74) is 6.06. The molecular formula is C15H18ClN3O3. The second-order valence-corrected chi connectivity index (χ2v) is 6.40. The van der Waals surface area contributed by atoms with Crippen LogP contribution in [0.3, 0.4) is 0 Å². The number of aromatic nitrogens is 2. The maximum absolute atomic E-state index is 12.1. The number of carbonyl (C=O) groups is 1. The third-order valence-electron chi connectivity index (χ3n) is 2.98. The summed E-state index contributed by atoms with van der Waals surface area (Å²) in [6, 6.07) is 4.55. The molecule has 1 atom stereocenters. The van der Waals surface area contributed by atoms with Gasteiger partial charge in [0.1, 0.15) is 0 Å². The number of rotatable bonds is 3. The highest BCUT2D eigenvalue weighted by atomic mass is 35.5. The van der Waals surface area contributed by atoms with Crippen molar-refractivity contribution in [2.75, 3.05) is 5.73 Å². The predicted octanol–water partition coefficient (Wildman–Crippen LogP) is 3.52. The molecule has 0 spiro atoms. The Bertz CT molecular complexity index is 692. The highest BCUT2D eigenvalue weighted by molar-refractivity contribution is 6.33. The summed E-state index contributed by atoms with van der Waals surface area (Å²) < 4.78 is 10.5. The van der Waals surface area contributed by atoms with Crippen molar-refractivity contribution in [3.05, 3.63) is 40.5 Å². The Morgan fingerprint density at radius 3 is 2.64 bits per heavy atom. The molecule has 2 aromatic rings. The van der Waals surface area contributed by atoms with Gasteiger partial charge in [0.15, 0.2) is 11.9 Å². The Morgan fingerprint density at radius 1 is 1.41 bits per heavy atom. The standard InChI is InChI=1S/C15H18ClN3O3/c1-8(12-18-14(19-22-12)15(2,3)4)21-13(20)9-5-6-10(16)11(17)7-9/h5-8H,17H2,1-4H3/t8-/m0/s1. The molecule has 6 nitrogen and oxygen atoms in total. The van der Waals surface area contributed by atoms with E-state index in [-0.39, 0.29) is 11.3 Å². The molecule has 118 valence electrons. The second-order valence-electron chi connectivity index (χ2n) is 5.99. The minimum atomic E-state index is -0.659. The summed E-state index contributed by atoms with van der Waals surface area (Å²) in [6.07, 6.45) is -0.659. The summed E-state index contributed by atoms with van der Waals surface area (Å²) in [6.45, 7) is 7.57. The second kappa shape index (κ2) is 5.96. The number of nitrogen functional groups attached to an aromatic ring is 1. The maximum Gasteiger partial charge on any atom is 0.338 e. The van der Waals surface area contributed by atoms with Gasteiger partial charge in [-0.3, -0.25) is 0 Å². The number of carbonyl (C=O) groups excluding carboxylic acids is 1. The zero-order valence-corrected chi connectivity index (χ0v) is 13.6. The molecule has 0 aliphatic rings. The Kier molecular flexibility index (Phi) is 4.42. The van der Waals surface area contributed by atoms with Crippen LogP contribution in [-0.2, 0) is 10.2 Å². The van der Waals surface area contributed by atoms with Crippen LogP contribution in [0.4, 0.5) is 5.69 Å². The third kappa shape index (κ3) is 3.57. The molecule has 0 unspecified atom stereocenters. The Hall–Kier alpha value is -2.08. The van der Waals surface area contributed by atoms with Gasteiger partial charge in [-0.15, -0.1) is 0 Å². The number of nitrogens with two attached hydrogens (primary N) is 1. The zero-order valence-electron chi connectivity index (χ0n) is 12.9. The average Bonchev–Trinajstić information content (AvgIpc) is 2.91. The number of hydrogen-bond acceptors (Lipinski definition) is 6. The van der Waals surface area contributed by atoms with Gasteiger partial charge < -0.3 is 15.0 Å². The Labute approximate surface area is 133 Å². The molecule has 1 heterocycles. The lowest BCUT2D eigenvalue weighted by atomic mass is 9.96. The van der Waals surface area contributed by atoms with Crippen LogP contribution in [0.25, 0.3) is 0 Å². The Morgan fingerprint density at radius 2 is 2.09 bits per heavy atom. The van der Waals surface area contributed by atoms with Crippen LogP contribution in [0.15, 0.2) is 22.7 Å². The fourth-order valence-corrected chi connectivity index (χ4v) is 1.77. The molecule has 7 heteroatoms. The van der Waals surface area contributed by atoms with Crippen molar-refractivity contribution in [3.63, 3.8) is 0 Å². The highest BCUT2D eigenvalue weighted by Gasteiger charge is 2.25. The van der Waals surface area contributed by atoms with Crippen molar-refractivity contribution in [3.8, 4) is 0 Å². The lowest BCUT2D eigenvalue weighted by Crippen LogP contribution is -2.14. The lowest BCUT2D eigenvalue weighted by Gasteiger charge is -2.12. The number of hydrogen-bond donors (Lipinski definition) is 1. The van der Waals surface area contributed by atoms with Gasteiger partial charge in [-0.25, -0.2) is 4.79 Å². The van der Waals surface area contributed by atoms with Crippen LogP contribution in [0.2, 0.25) is 5.02 Å². The van der Waals surface area contributed by atoms with Crippen molar-refractivity contribution in [2.45, 2.75) is 39.2 Å². The van der Waals surface area contributed by atoms with Crippen molar-refractivity contribution in [1.82, 2.24) is 10.1 Å². The van der Waals surface area contributed by atoms with Crippen molar-refractivity contribution >= 4 is 23.3 Å². The minimum Gasteiger partial charge on any atom is -0.449 e. The number of halogens is 1. The normalized spacial score (nSPS) is 13.0. The van der Waals surface area contributed by atoms with E-state index in [1.165, 1.54) is 6.07 Å². The monoisotopic (exact) mass is 323 g/mol. The molecule has 0 saturated carbocycles. The average molecular weight is 324 g/mol. The van der Waals surface area contributed by atoms with Gasteiger partial charge in [0.2, 0.25) is 0 Å². The molecule has 22 heavy (non-hydrogen) atoms. The highest BCUT2D eigenvalue weighted by Crippen LogP contribution is 2.24. The largest absolute Gasteiger partial charge is 0.449 e. The first kappa shape index (κ1) is 16.3. The molecule has 0 saturated heterocycles. The van der Waals surface area contributed by atoms with Gasteiger partial charge >= 0.3 is 5.97 Å². The Balaban J connectivity index is 2.11. The lowest BCUT2D eigenvalue weighted by molar-refractivity contribution is 0.0265. The number of anilines is 1. The van der Waals surface area contributed by atoms with E-state index in [0.717, 1.165) is 0 Å². The summed E-state index contributed by atoms with van der Waals surface area (Å²) in [4.78, 5) is 16.3. The SMILES string of the molecule is C[C@H](OC(=O)c1ccc(Cl)c(N)c1)c1nc(C(C)(C)C)no1. The first-order valence-corrected chi connectivity index (χ1v) is 7.16. The quantitative estimate of drug-likeness (QED) is 0.686. The summed E-state index contributed by atoms with van der Waals surface area (Å²) in [7, 11) is 0. The fourth-order valence-electron chi connectivity index (χ4n) is 1.65. The van der Waals surface area contributed by atoms with Gasteiger partial charge in [0.25, 0.3) is 5.89 Å². The van der Waals surface area contributed by atoms with Crippen molar-refractivity contribution < 1.29 is 14.1 Å². The van der Waals surface area contributed by atoms with Crippen LogP contribution >= 0.6 is 11.6 Å². The molecule has 1 aromatic heterocycles. The van der Waals surface area contributed by atoms with E-state index in [1.54, 1.807) is 19.1 Å². The van der Waals surface area contributed by atoms with Crippen molar-refractivity contribution in [1.29, 1.82) is 0 Å². The summed E-state index contributed by atoms with van der Waals surface area (Å²) in [5.74, 6) is 0.271. The van der Waals surface area contributed by atoms with E-state index in [1.807, 2.05) is 20.8 Å². The maximum atomic E-state index is 12.1. The number of nitrogens with zero attached hydrogens (tertiary/aromatic N) is 2. The van der Waals surface area contributed by atoms with Crippen LogP contribution in [-0.4, -0.2) is 16.1 Å². The van der Waals surface area contributed by atoms with Crippen LogP contribution in [0, 0.1) is 0 Å². The predicted molar refractivity (Wildman–Crippen MR) is 82.7 cm³/mol. The fraction of sp³-hybridized carbons (Fsp3) is 0.400. The number of ether oxygens (including phenoxy) is 1. The van der Waals surface area contributed by atoms with E-state index in [9.17, 15) is 4.79 Å². The molecule has 0 fully saturated rings. The van der Waals surface area contributed by atoms with Crippen molar-refractivity contribution in [2.24, 2.45) is 0 Å². The molecule has 0 bridgehead atoms. The molecule has 0 aliphatic heterocycles. The van der Waals surface area contributed by atoms with E-state index in [0.29, 0.717) is 22.1 Å². The number of esters is 1.